The van der Waals surface area contributed by atoms with E-state index in [0.29, 0.717) is 0 Å². The van der Waals surface area contributed by atoms with Crippen molar-refractivity contribution in [3.05, 3.63) is 23.3 Å². The van der Waals surface area contributed by atoms with Crippen LogP contribution in [0, 0.1) is 0 Å². The van der Waals surface area contributed by atoms with Gasteiger partial charge in [-0.1, -0.05) is 28.5 Å². The van der Waals surface area contributed by atoms with Crippen molar-refractivity contribution in [2.45, 2.75) is 53.4 Å². The third-order valence-corrected chi connectivity index (χ3v) is 2.26. The zero-order chi connectivity index (χ0) is 11.7. The minimum absolute atomic E-state index is 0.795. The highest BCUT2D eigenvalue weighted by atomic mass is 16.4. The lowest BCUT2D eigenvalue weighted by Crippen LogP contribution is -1.89. The van der Waals surface area contributed by atoms with Gasteiger partial charge in [-0.05, 0) is 53.4 Å². The Hall–Kier alpha value is -1.05. The summed E-state index contributed by atoms with van der Waals surface area (Å²) in [6.07, 6.45) is 8.55. The van der Waals surface area contributed by atoms with Crippen molar-refractivity contribution in [3.8, 4) is 0 Å². The zero-order valence-corrected chi connectivity index (χ0v) is 10.4. The Kier molecular flexibility index (Phi) is 7.69. The fraction of sp³-hybridized carbons (Fsp3) is 0.615. The quantitative estimate of drug-likeness (QED) is 0.300. The molecule has 0 heterocycles. The average Bonchev–Trinajstić information content (AvgIpc) is 2.17. The maximum atomic E-state index is 8.46. The van der Waals surface area contributed by atoms with Crippen LogP contribution in [0.5, 0.6) is 0 Å². The lowest BCUT2D eigenvalue weighted by atomic mass is 10.1. The van der Waals surface area contributed by atoms with Gasteiger partial charge in [0.15, 0.2) is 0 Å². The van der Waals surface area contributed by atoms with E-state index < -0.39 is 0 Å². The maximum absolute atomic E-state index is 8.46. The molecule has 0 aromatic heterocycles. The molecule has 1 N–H and O–H groups in total. The van der Waals surface area contributed by atoms with Crippen molar-refractivity contribution in [1.82, 2.24) is 0 Å². The van der Waals surface area contributed by atoms with Crippen molar-refractivity contribution in [3.63, 3.8) is 0 Å². The van der Waals surface area contributed by atoms with Gasteiger partial charge in [-0.25, -0.2) is 0 Å². The lowest BCUT2D eigenvalue weighted by Gasteiger charge is -1.99. The molecule has 86 valence electrons. The minimum Gasteiger partial charge on any atom is -0.411 e. The largest absolute Gasteiger partial charge is 0.411 e. The summed E-state index contributed by atoms with van der Waals surface area (Å²) < 4.78 is 0. The molecule has 0 saturated carbocycles. The molecular weight excluding hydrogens is 186 g/mol. The number of hydrogen-bond acceptors (Lipinski definition) is 2. The molecule has 2 nitrogen and oxygen atoms in total. The van der Waals surface area contributed by atoms with E-state index >= 15 is 0 Å². The summed E-state index contributed by atoms with van der Waals surface area (Å²) in [6.45, 7) is 8.25. The summed E-state index contributed by atoms with van der Waals surface area (Å²) in [7, 11) is 0. The first-order valence-corrected chi connectivity index (χ1v) is 5.52. The number of rotatable bonds is 6. The van der Waals surface area contributed by atoms with Crippen LogP contribution in [0.2, 0.25) is 0 Å². The van der Waals surface area contributed by atoms with Crippen molar-refractivity contribution in [1.29, 1.82) is 0 Å². The molecule has 0 fully saturated rings. The highest BCUT2D eigenvalue weighted by molar-refractivity contribution is 5.81. The minimum atomic E-state index is 0.795. The summed E-state index contributed by atoms with van der Waals surface area (Å²) in [5, 5.41) is 11.6. The summed E-state index contributed by atoms with van der Waals surface area (Å²) in [4.78, 5) is 0. The molecule has 0 atom stereocenters. The standard InChI is InChI=1S/C13H23NO/c1-11(2)7-5-8-12(3)9-6-10-13(4)14-15/h7,9,15H,5-6,8,10H2,1-4H3/b12-9+,14-13-. The number of nitrogens with zero attached hydrogens (tertiary/aromatic N) is 1. The van der Waals surface area contributed by atoms with Crippen LogP contribution < -0.4 is 0 Å². The van der Waals surface area contributed by atoms with Crippen LogP contribution in [0.25, 0.3) is 0 Å². The predicted molar refractivity (Wildman–Crippen MR) is 66.6 cm³/mol. The zero-order valence-electron chi connectivity index (χ0n) is 10.4. The lowest BCUT2D eigenvalue weighted by molar-refractivity contribution is 0.317. The van der Waals surface area contributed by atoms with E-state index in [1.807, 2.05) is 6.92 Å². The van der Waals surface area contributed by atoms with Crippen molar-refractivity contribution >= 4 is 5.71 Å². The molecule has 0 bridgehead atoms. The second-order valence-electron chi connectivity index (χ2n) is 4.24. The molecule has 0 rings (SSSR count). The van der Waals surface area contributed by atoms with E-state index in [1.165, 1.54) is 11.1 Å². The molecule has 0 spiro atoms. The summed E-state index contributed by atoms with van der Waals surface area (Å²) in [6, 6.07) is 0. The normalized spacial score (nSPS) is 12.8. The highest BCUT2D eigenvalue weighted by Crippen LogP contribution is 2.08. The van der Waals surface area contributed by atoms with E-state index in [0.717, 1.165) is 31.4 Å². The summed E-state index contributed by atoms with van der Waals surface area (Å²) >= 11 is 0. The molecule has 2 heteroatoms. The third-order valence-electron chi connectivity index (χ3n) is 2.26. The van der Waals surface area contributed by atoms with Crippen molar-refractivity contribution in [2.24, 2.45) is 5.16 Å². The van der Waals surface area contributed by atoms with Crippen LogP contribution in [0.4, 0.5) is 0 Å². The molecule has 0 aliphatic rings. The topological polar surface area (TPSA) is 32.6 Å². The molecule has 0 aliphatic heterocycles. The molecule has 0 unspecified atom stereocenters. The van der Waals surface area contributed by atoms with Gasteiger partial charge in [0.2, 0.25) is 0 Å². The monoisotopic (exact) mass is 209 g/mol. The fourth-order valence-electron chi connectivity index (χ4n) is 1.27. The van der Waals surface area contributed by atoms with Gasteiger partial charge in [0.05, 0.1) is 5.71 Å². The van der Waals surface area contributed by atoms with E-state index in [1.54, 1.807) is 0 Å². The Morgan fingerprint density at radius 3 is 2.13 bits per heavy atom. The number of hydrogen-bond donors (Lipinski definition) is 1. The Balaban J connectivity index is 3.75. The molecule has 15 heavy (non-hydrogen) atoms. The Morgan fingerprint density at radius 2 is 1.60 bits per heavy atom. The van der Waals surface area contributed by atoms with Crippen LogP contribution in [0.15, 0.2) is 28.5 Å². The van der Waals surface area contributed by atoms with Gasteiger partial charge in [0.25, 0.3) is 0 Å². The Bertz CT molecular complexity index is 258. The van der Waals surface area contributed by atoms with Gasteiger partial charge in [-0.2, -0.15) is 0 Å². The number of allylic oxidation sites excluding steroid dienone is 4. The van der Waals surface area contributed by atoms with Gasteiger partial charge >= 0.3 is 0 Å². The Labute approximate surface area is 93.4 Å². The first-order chi connectivity index (χ1) is 7.06. The summed E-state index contributed by atoms with van der Waals surface area (Å²) in [5.41, 5.74) is 3.59. The first kappa shape index (κ1) is 13.9. The molecule has 0 aliphatic carbocycles. The fourth-order valence-corrected chi connectivity index (χ4v) is 1.27. The van der Waals surface area contributed by atoms with E-state index in [2.05, 4.69) is 38.1 Å². The Morgan fingerprint density at radius 1 is 1.00 bits per heavy atom. The smallest absolute Gasteiger partial charge is 0.0543 e. The highest BCUT2D eigenvalue weighted by Gasteiger charge is 1.92. The first-order valence-electron chi connectivity index (χ1n) is 5.52. The molecule has 0 saturated heterocycles. The van der Waals surface area contributed by atoms with Crippen LogP contribution in [0.1, 0.15) is 53.4 Å². The van der Waals surface area contributed by atoms with Gasteiger partial charge < -0.3 is 5.21 Å². The molecule has 0 amide bonds. The van der Waals surface area contributed by atoms with Crippen LogP contribution >= 0.6 is 0 Å². The molecule has 0 aromatic carbocycles. The van der Waals surface area contributed by atoms with Crippen molar-refractivity contribution < 1.29 is 5.21 Å². The van der Waals surface area contributed by atoms with Crippen molar-refractivity contribution in [2.75, 3.05) is 0 Å². The summed E-state index contributed by atoms with van der Waals surface area (Å²) in [5.74, 6) is 0. The second-order valence-corrected chi connectivity index (χ2v) is 4.24. The third kappa shape index (κ3) is 9.26. The molecule has 0 radical (unpaired) electrons. The predicted octanol–water partition coefficient (Wildman–Crippen LogP) is 4.31. The average molecular weight is 209 g/mol. The maximum Gasteiger partial charge on any atom is 0.0543 e. The second kappa shape index (κ2) is 8.27. The van der Waals surface area contributed by atoms with Gasteiger partial charge in [0, 0.05) is 0 Å². The molecular formula is C13H23NO. The van der Waals surface area contributed by atoms with Gasteiger partial charge in [-0.3, -0.25) is 0 Å². The van der Waals surface area contributed by atoms with E-state index in [-0.39, 0.29) is 0 Å². The van der Waals surface area contributed by atoms with Gasteiger partial charge in [-0.15, -0.1) is 0 Å². The van der Waals surface area contributed by atoms with Crippen LogP contribution in [-0.2, 0) is 0 Å². The van der Waals surface area contributed by atoms with E-state index in [9.17, 15) is 0 Å². The number of oxime groups is 1. The van der Waals surface area contributed by atoms with E-state index in [4.69, 9.17) is 5.21 Å². The molecule has 0 aromatic rings. The van der Waals surface area contributed by atoms with Gasteiger partial charge in [0.1, 0.15) is 0 Å². The van der Waals surface area contributed by atoms with Crippen LogP contribution in [-0.4, -0.2) is 10.9 Å². The SMILES string of the molecule is CC(C)=CCC/C(C)=C/CC/C(C)=N\O. The van der Waals surface area contributed by atoms with Crippen LogP contribution in [0.3, 0.4) is 0 Å².